The van der Waals surface area contributed by atoms with Gasteiger partial charge in [-0.25, -0.2) is 0 Å². The van der Waals surface area contributed by atoms with Crippen LogP contribution in [-0.2, 0) is 14.4 Å². The average molecular weight is 348 g/mol. The van der Waals surface area contributed by atoms with Gasteiger partial charge in [-0.1, -0.05) is 12.1 Å². The molecule has 7 heteroatoms. The molecular weight excluding hydrogens is 324 g/mol. The number of amides is 2. The molecule has 0 unspecified atom stereocenters. The van der Waals surface area contributed by atoms with Crippen LogP contribution in [0.1, 0.15) is 18.4 Å². The van der Waals surface area contributed by atoms with Crippen LogP contribution in [0, 0.1) is 12.8 Å². The summed E-state index contributed by atoms with van der Waals surface area (Å²) < 4.78 is 5.46. The maximum Gasteiger partial charge on any atom is 0.306 e. The largest absolute Gasteiger partial charge is 0.484 e. The van der Waals surface area contributed by atoms with Gasteiger partial charge in [0.1, 0.15) is 5.75 Å². The second kappa shape index (κ2) is 8.50. The van der Waals surface area contributed by atoms with Crippen molar-refractivity contribution in [2.24, 2.45) is 5.92 Å². The van der Waals surface area contributed by atoms with E-state index in [1.165, 1.54) is 4.90 Å². The molecule has 25 heavy (non-hydrogen) atoms. The Morgan fingerprint density at radius 2 is 1.96 bits per heavy atom. The topological polar surface area (TPSA) is 87.2 Å². The van der Waals surface area contributed by atoms with Crippen LogP contribution in [0.3, 0.4) is 0 Å². The number of ether oxygens (including phenoxy) is 1. The molecule has 0 bridgehead atoms. The van der Waals surface area contributed by atoms with E-state index in [4.69, 9.17) is 9.84 Å². The highest BCUT2D eigenvalue weighted by atomic mass is 16.5. The fourth-order valence-corrected chi connectivity index (χ4v) is 2.73. The minimum Gasteiger partial charge on any atom is -0.484 e. The molecular formula is C18H24N2O5. The van der Waals surface area contributed by atoms with Crippen molar-refractivity contribution in [2.45, 2.75) is 19.8 Å². The molecule has 0 aliphatic carbocycles. The van der Waals surface area contributed by atoms with E-state index in [1.807, 2.05) is 25.1 Å². The highest BCUT2D eigenvalue weighted by Crippen LogP contribution is 2.17. The van der Waals surface area contributed by atoms with E-state index in [0.717, 1.165) is 5.56 Å². The summed E-state index contributed by atoms with van der Waals surface area (Å²) in [6, 6.07) is 7.40. The van der Waals surface area contributed by atoms with Crippen molar-refractivity contribution in [2.75, 3.05) is 33.3 Å². The summed E-state index contributed by atoms with van der Waals surface area (Å²) in [6.07, 6.45) is 0.907. The monoisotopic (exact) mass is 348 g/mol. The number of likely N-dealkylation sites (tertiary alicyclic amines) is 1. The number of aliphatic carboxylic acids is 1. The molecule has 1 heterocycles. The lowest BCUT2D eigenvalue weighted by Gasteiger charge is -2.31. The van der Waals surface area contributed by atoms with Crippen LogP contribution in [0.25, 0.3) is 0 Å². The van der Waals surface area contributed by atoms with E-state index in [2.05, 4.69) is 0 Å². The average Bonchev–Trinajstić information content (AvgIpc) is 2.59. The van der Waals surface area contributed by atoms with E-state index in [9.17, 15) is 14.4 Å². The summed E-state index contributed by atoms with van der Waals surface area (Å²) in [6.45, 7) is 2.60. The predicted molar refractivity (Wildman–Crippen MR) is 91.3 cm³/mol. The molecule has 136 valence electrons. The number of hydrogen-bond acceptors (Lipinski definition) is 4. The van der Waals surface area contributed by atoms with Crippen molar-refractivity contribution < 1.29 is 24.2 Å². The van der Waals surface area contributed by atoms with Gasteiger partial charge in [0.25, 0.3) is 5.91 Å². The number of aryl methyl sites for hydroxylation is 1. The third kappa shape index (κ3) is 5.48. The minimum atomic E-state index is -0.812. The molecule has 1 N–H and O–H groups in total. The van der Waals surface area contributed by atoms with E-state index in [-0.39, 0.29) is 30.9 Å². The number of piperidine rings is 1. The lowest BCUT2D eigenvalue weighted by Crippen LogP contribution is -2.46. The summed E-state index contributed by atoms with van der Waals surface area (Å²) in [5, 5.41) is 8.98. The lowest BCUT2D eigenvalue weighted by atomic mass is 9.97. The predicted octanol–water partition coefficient (Wildman–Crippen LogP) is 1.16. The number of likely N-dealkylation sites (N-methyl/N-ethyl adjacent to an activating group) is 1. The number of hydrogen-bond donors (Lipinski definition) is 1. The van der Waals surface area contributed by atoms with Gasteiger partial charge in [0.15, 0.2) is 6.61 Å². The molecule has 1 fully saturated rings. The molecule has 7 nitrogen and oxygen atoms in total. The Balaban J connectivity index is 1.76. The number of carbonyl (C=O) groups excluding carboxylic acids is 2. The molecule has 0 saturated carbocycles. The van der Waals surface area contributed by atoms with Gasteiger partial charge in [-0.3, -0.25) is 14.4 Å². The first-order chi connectivity index (χ1) is 11.9. The number of carboxylic acid groups (broad SMARTS) is 1. The smallest absolute Gasteiger partial charge is 0.306 e. The molecule has 1 aliphatic heterocycles. The standard InChI is InChI=1S/C18H24N2O5/c1-13-4-3-5-15(10-13)25-12-17(22)19(2)11-16(21)20-8-6-14(7-9-20)18(23)24/h3-5,10,14H,6-9,11-12H2,1-2H3,(H,23,24). The highest BCUT2D eigenvalue weighted by Gasteiger charge is 2.27. The molecule has 0 atom stereocenters. The molecule has 1 aliphatic rings. The molecule has 1 aromatic carbocycles. The zero-order valence-electron chi connectivity index (χ0n) is 14.6. The summed E-state index contributed by atoms with van der Waals surface area (Å²) in [5.74, 6) is -1.03. The van der Waals surface area contributed by atoms with Gasteiger partial charge in [-0.15, -0.1) is 0 Å². The fraction of sp³-hybridized carbons (Fsp3) is 0.500. The summed E-state index contributed by atoms with van der Waals surface area (Å²) >= 11 is 0. The van der Waals surface area contributed by atoms with Crippen molar-refractivity contribution in [3.05, 3.63) is 29.8 Å². The van der Waals surface area contributed by atoms with Crippen molar-refractivity contribution in [1.29, 1.82) is 0 Å². The lowest BCUT2D eigenvalue weighted by molar-refractivity contribution is -0.146. The minimum absolute atomic E-state index is 0.0340. The molecule has 0 radical (unpaired) electrons. The summed E-state index contributed by atoms with van der Waals surface area (Å²) in [7, 11) is 1.56. The maximum absolute atomic E-state index is 12.3. The van der Waals surface area contributed by atoms with Gasteiger partial charge in [-0.2, -0.15) is 0 Å². The first-order valence-corrected chi connectivity index (χ1v) is 8.31. The Labute approximate surface area is 147 Å². The van der Waals surface area contributed by atoms with E-state index in [0.29, 0.717) is 31.7 Å². The molecule has 1 saturated heterocycles. The zero-order chi connectivity index (χ0) is 18.4. The first kappa shape index (κ1) is 18.8. The Morgan fingerprint density at radius 3 is 2.56 bits per heavy atom. The quantitative estimate of drug-likeness (QED) is 0.833. The molecule has 0 spiro atoms. The van der Waals surface area contributed by atoms with Gasteiger partial charge in [0.2, 0.25) is 5.91 Å². The van der Waals surface area contributed by atoms with Crippen LogP contribution in [-0.4, -0.2) is 66.0 Å². The number of benzene rings is 1. The van der Waals surface area contributed by atoms with Gasteiger partial charge in [0, 0.05) is 20.1 Å². The number of carbonyl (C=O) groups is 3. The van der Waals surface area contributed by atoms with E-state index < -0.39 is 5.97 Å². The Kier molecular flexibility index (Phi) is 6.38. The van der Waals surface area contributed by atoms with Crippen LogP contribution in [0.5, 0.6) is 5.75 Å². The van der Waals surface area contributed by atoms with Crippen LogP contribution in [0.2, 0.25) is 0 Å². The normalized spacial score (nSPS) is 14.9. The number of carboxylic acids is 1. The third-order valence-corrected chi connectivity index (χ3v) is 4.35. The Morgan fingerprint density at radius 1 is 1.28 bits per heavy atom. The Bertz CT molecular complexity index is 638. The molecule has 2 amide bonds. The van der Waals surface area contributed by atoms with Gasteiger partial charge in [-0.05, 0) is 37.5 Å². The highest BCUT2D eigenvalue weighted by molar-refractivity contribution is 5.85. The first-order valence-electron chi connectivity index (χ1n) is 8.31. The number of rotatable bonds is 6. The second-order valence-corrected chi connectivity index (χ2v) is 6.35. The van der Waals surface area contributed by atoms with E-state index >= 15 is 0 Å². The SMILES string of the molecule is Cc1cccc(OCC(=O)N(C)CC(=O)N2CCC(C(=O)O)CC2)c1. The third-order valence-electron chi connectivity index (χ3n) is 4.35. The second-order valence-electron chi connectivity index (χ2n) is 6.35. The van der Waals surface area contributed by atoms with Gasteiger partial charge in [0.05, 0.1) is 12.5 Å². The fourth-order valence-electron chi connectivity index (χ4n) is 2.73. The van der Waals surface area contributed by atoms with Crippen molar-refractivity contribution in [3.63, 3.8) is 0 Å². The zero-order valence-corrected chi connectivity index (χ0v) is 14.6. The summed E-state index contributed by atoms with van der Waals surface area (Å²) in [5.41, 5.74) is 1.04. The van der Waals surface area contributed by atoms with Crippen molar-refractivity contribution in [1.82, 2.24) is 9.80 Å². The van der Waals surface area contributed by atoms with Crippen LogP contribution in [0.4, 0.5) is 0 Å². The molecule has 0 aromatic heterocycles. The van der Waals surface area contributed by atoms with E-state index in [1.54, 1.807) is 18.0 Å². The van der Waals surface area contributed by atoms with Crippen molar-refractivity contribution >= 4 is 17.8 Å². The van der Waals surface area contributed by atoms with Gasteiger partial charge >= 0.3 is 5.97 Å². The van der Waals surface area contributed by atoms with Crippen LogP contribution < -0.4 is 4.74 Å². The van der Waals surface area contributed by atoms with Crippen LogP contribution >= 0.6 is 0 Å². The van der Waals surface area contributed by atoms with Gasteiger partial charge < -0.3 is 19.6 Å². The molecule has 2 rings (SSSR count). The maximum atomic E-state index is 12.3. The summed E-state index contributed by atoms with van der Waals surface area (Å²) in [4.78, 5) is 38.3. The molecule has 1 aromatic rings. The number of nitrogens with zero attached hydrogens (tertiary/aromatic N) is 2. The Hall–Kier alpha value is -2.57. The van der Waals surface area contributed by atoms with Crippen LogP contribution in [0.15, 0.2) is 24.3 Å². The van der Waals surface area contributed by atoms with Crippen molar-refractivity contribution in [3.8, 4) is 5.75 Å².